The first-order chi connectivity index (χ1) is 9.91. The molecule has 1 unspecified atom stereocenters. The number of para-hydroxylation sites is 1. The van der Waals surface area contributed by atoms with Gasteiger partial charge in [0.25, 0.3) is 0 Å². The van der Waals surface area contributed by atoms with Crippen molar-refractivity contribution < 1.29 is 27.4 Å². The largest absolute Gasteiger partial charge is 0.434 e. The summed E-state index contributed by atoms with van der Waals surface area (Å²) in [6.07, 6.45) is -1.78. The molecule has 0 heterocycles. The summed E-state index contributed by atoms with van der Waals surface area (Å²) in [6, 6.07) is 7.37. The van der Waals surface area contributed by atoms with Gasteiger partial charge in [0, 0.05) is 5.56 Å². The Morgan fingerprint density at radius 2 is 1.71 bits per heavy atom. The zero-order valence-electron chi connectivity index (χ0n) is 10.4. The van der Waals surface area contributed by atoms with Crippen LogP contribution in [-0.2, 0) is 0 Å². The Hall–Kier alpha value is -1.60. The summed E-state index contributed by atoms with van der Waals surface area (Å²) in [7, 11) is 0. The highest BCUT2D eigenvalue weighted by Gasteiger charge is 2.25. The van der Waals surface area contributed by atoms with Crippen LogP contribution in [0, 0.1) is 11.6 Å². The topological polar surface area (TPSA) is 29.5 Å². The van der Waals surface area contributed by atoms with E-state index in [1.165, 1.54) is 24.3 Å². The number of halogens is 5. The van der Waals surface area contributed by atoms with E-state index in [0.29, 0.717) is 0 Å². The van der Waals surface area contributed by atoms with Crippen molar-refractivity contribution in [3.63, 3.8) is 0 Å². The number of hydrogen-bond acceptors (Lipinski definition) is 2. The van der Waals surface area contributed by atoms with Crippen LogP contribution in [0.25, 0.3) is 0 Å². The van der Waals surface area contributed by atoms with E-state index in [1.807, 2.05) is 0 Å². The second-order valence-electron chi connectivity index (χ2n) is 4.08. The van der Waals surface area contributed by atoms with Crippen molar-refractivity contribution in [1.82, 2.24) is 0 Å². The Balaban J connectivity index is 2.50. The van der Waals surface area contributed by atoms with Crippen LogP contribution in [-0.4, -0.2) is 11.7 Å². The molecule has 21 heavy (non-hydrogen) atoms. The van der Waals surface area contributed by atoms with Gasteiger partial charge in [-0.2, -0.15) is 8.78 Å². The van der Waals surface area contributed by atoms with Crippen molar-refractivity contribution in [2.24, 2.45) is 0 Å². The van der Waals surface area contributed by atoms with Gasteiger partial charge in [0.15, 0.2) is 0 Å². The number of hydrogen-bond donors (Lipinski definition) is 1. The standard InChI is InChI=1S/C14H9BrF4O2/c15-8-5-6-9(16)11(12(8)17)13(20)7-3-1-2-4-10(7)21-14(18)19/h1-6,13-14,20H. The summed E-state index contributed by atoms with van der Waals surface area (Å²) < 4.78 is 56.6. The molecule has 0 saturated carbocycles. The van der Waals surface area contributed by atoms with Crippen LogP contribution in [0.2, 0.25) is 0 Å². The summed E-state index contributed by atoms with van der Waals surface area (Å²) in [6.45, 7) is -3.12. The molecule has 0 aliphatic rings. The van der Waals surface area contributed by atoms with Gasteiger partial charge in [0.1, 0.15) is 23.5 Å². The normalized spacial score (nSPS) is 12.5. The predicted octanol–water partition coefficient (Wildman–Crippen LogP) is 4.41. The summed E-state index contributed by atoms with van der Waals surface area (Å²) in [5.41, 5.74) is -0.802. The second-order valence-corrected chi connectivity index (χ2v) is 4.93. The lowest BCUT2D eigenvalue weighted by Crippen LogP contribution is -2.10. The van der Waals surface area contributed by atoms with Crippen molar-refractivity contribution in [1.29, 1.82) is 0 Å². The third kappa shape index (κ3) is 3.36. The first-order valence-electron chi connectivity index (χ1n) is 5.77. The lowest BCUT2D eigenvalue weighted by atomic mass is 9.99. The first-order valence-corrected chi connectivity index (χ1v) is 6.56. The first kappa shape index (κ1) is 15.8. The number of aliphatic hydroxyl groups excluding tert-OH is 1. The number of aliphatic hydroxyl groups is 1. The Kier molecular flexibility index (Phi) is 4.84. The number of alkyl halides is 2. The lowest BCUT2D eigenvalue weighted by molar-refractivity contribution is -0.0513. The van der Waals surface area contributed by atoms with Gasteiger partial charge in [-0.3, -0.25) is 0 Å². The van der Waals surface area contributed by atoms with Crippen LogP contribution < -0.4 is 4.74 Å². The van der Waals surface area contributed by atoms with Gasteiger partial charge < -0.3 is 9.84 Å². The fourth-order valence-corrected chi connectivity index (χ4v) is 2.20. The van der Waals surface area contributed by atoms with Crippen molar-refractivity contribution >= 4 is 15.9 Å². The molecule has 2 nitrogen and oxygen atoms in total. The van der Waals surface area contributed by atoms with E-state index in [-0.39, 0.29) is 15.8 Å². The highest BCUT2D eigenvalue weighted by Crippen LogP contribution is 2.35. The minimum absolute atomic E-state index is 0.0507. The SMILES string of the molecule is OC(c1ccccc1OC(F)F)c1c(F)ccc(Br)c1F. The highest BCUT2D eigenvalue weighted by atomic mass is 79.9. The molecule has 0 spiro atoms. The molecule has 0 aliphatic carbocycles. The molecule has 2 aromatic rings. The van der Waals surface area contributed by atoms with E-state index in [4.69, 9.17) is 0 Å². The maximum Gasteiger partial charge on any atom is 0.387 e. The highest BCUT2D eigenvalue weighted by molar-refractivity contribution is 9.10. The van der Waals surface area contributed by atoms with Gasteiger partial charge in [0.05, 0.1) is 10.0 Å². The van der Waals surface area contributed by atoms with E-state index in [0.717, 1.165) is 12.1 Å². The van der Waals surface area contributed by atoms with Crippen molar-refractivity contribution in [2.75, 3.05) is 0 Å². The molecule has 2 rings (SSSR count). The molecule has 0 amide bonds. The number of benzene rings is 2. The molecule has 1 atom stereocenters. The van der Waals surface area contributed by atoms with Crippen LogP contribution in [0.15, 0.2) is 40.9 Å². The smallest absolute Gasteiger partial charge is 0.387 e. The fourth-order valence-electron chi connectivity index (χ4n) is 1.86. The maximum absolute atomic E-state index is 14.0. The van der Waals surface area contributed by atoms with Crippen LogP contribution in [0.5, 0.6) is 5.75 Å². The van der Waals surface area contributed by atoms with Gasteiger partial charge >= 0.3 is 6.61 Å². The van der Waals surface area contributed by atoms with Gasteiger partial charge in [-0.1, -0.05) is 18.2 Å². The monoisotopic (exact) mass is 364 g/mol. The average molecular weight is 365 g/mol. The molecule has 0 saturated heterocycles. The van der Waals surface area contributed by atoms with Crippen molar-refractivity contribution in [3.8, 4) is 5.75 Å². The Labute approximate surface area is 126 Å². The molecular formula is C14H9BrF4O2. The fraction of sp³-hybridized carbons (Fsp3) is 0.143. The Morgan fingerprint density at radius 3 is 2.38 bits per heavy atom. The molecular weight excluding hydrogens is 356 g/mol. The van der Waals surface area contributed by atoms with Gasteiger partial charge in [0.2, 0.25) is 0 Å². The minimum atomic E-state index is -3.12. The van der Waals surface area contributed by atoms with E-state index >= 15 is 0 Å². The van der Waals surface area contributed by atoms with Gasteiger partial charge in [-0.25, -0.2) is 8.78 Å². The summed E-state index contributed by atoms with van der Waals surface area (Å²) >= 11 is 2.88. The average Bonchev–Trinajstić information content (AvgIpc) is 2.43. The molecule has 0 fully saturated rings. The second kappa shape index (κ2) is 6.44. The quantitative estimate of drug-likeness (QED) is 0.643. The van der Waals surface area contributed by atoms with Crippen molar-refractivity contribution in [2.45, 2.75) is 12.7 Å². The van der Waals surface area contributed by atoms with E-state index in [2.05, 4.69) is 20.7 Å². The Bertz CT molecular complexity index is 649. The molecule has 0 radical (unpaired) electrons. The summed E-state index contributed by atoms with van der Waals surface area (Å²) in [4.78, 5) is 0. The number of rotatable bonds is 4. The Morgan fingerprint density at radius 1 is 1.05 bits per heavy atom. The molecule has 0 bridgehead atoms. The molecule has 0 aliphatic heterocycles. The minimum Gasteiger partial charge on any atom is -0.434 e. The zero-order chi connectivity index (χ0) is 15.6. The van der Waals surface area contributed by atoms with E-state index in [9.17, 15) is 22.7 Å². The van der Waals surface area contributed by atoms with Crippen LogP contribution in [0.1, 0.15) is 17.2 Å². The number of ether oxygens (including phenoxy) is 1. The molecule has 1 N–H and O–H groups in total. The van der Waals surface area contributed by atoms with Crippen LogP contribution >= 0.6 is 15.9 Å². The van der Waals surface area contributed by atoms with E-state index < -0.39 is 29.9 Å². The van der Waals surface area contributed by atoms with Crippen LogP contribution in [0.3, 0.4) is 0 Å². The molecule has 0 aromatic heterocycles. The predicted molar refractivity (Wildman–Crippen MR) is 71.2 cm³/mol. The zero-order valence-corrected chi connectivity index (χ0v) is 12.0. The molecule has 112 valence electrons. The molecule has 2 aromatic carbocycles. The maximum atomic E-state index is 14.0. The summed E-state index contributed by atoms with van der Waals surface area (Å²) in [5, 5.41) is 10.1. The van der Waals surface area contributed by atoms with E-state index in [1.54, 1.807) is 0 Å². The molecule has 7 heteroatoms. The third-order valence-electron chi connectivity index (χ3n) is 2.78. The summed E-state index contributed by atoms with van der Waals surface area (Å²) in [5.74, 6) is -2.34. The van der Waals surface area contributed by atoms with Crippen LogP contribution in [0.4, 0.5) is 17.6 Å². The lowest BCUT2D eigenvalue weighted by Gasteiger charge is -2.17. The van der Waals surface area contributed by atoms with Crippen molar-refractivity contribution in [3.05, 3.63) is 63.6 Å². The van der Waals surface area contributed by atoms with Gasteiger partial charge in [-0.15, -0.1) is 0 Å². The third-order valence-corrected chi connectivity index (χ3v) is 3.39. The van der Waals surface area contributed by atoms with Gasteiger partial charge in [-0.05, 0) is 34.1 Å².